The highest BCUT2D eigenvalue weighted by atomic mass is 16.4. The number of carbonyl (C=O) groups is 1. The van der Waals surface area contributed by atoms with Crippen LogP contribution in [0.5, 0.6) is 0 Å². The van der Waals surface area contributed by atoms with Crippen LogP contribution >= 0.6 is 0 Å². The highest BCUT2D eigenvalue weighted by Gasteiger charge is 2.33. The molecule has 1 fully saturated rings. The molecule has 6 nitrogen and oxygen atoms in total. The first-order valence-corrected chi connectivity index (χ1v) is 5.42. The van der Waals surface area contributed by atoms with E-state index in [2.05, 4.69) is 10.2 Å². The number of hydrogen-bond acceptors (Lipinski definition) is 5. The summed E-state index contributed by atoms with van der Waals surface area (Å²) < 4.78 is 5.45. The van der Waals surface area contributed by atoms with Crippen molar-refractivity contribution >= 4 is 12.0 Å². The molecule has 88 valence electrons. The van der Waals surface area contributed by atoms with Crippen molar-refractivity contribution in [2.45, 2.75) is 38.6 Å². The molecule has 1 aliphatic heterocycles. The van der Waals surface area contributed by atoms with Gasteiger partial charge < -0.3 is 14.4 Å². The highest BCUT2D eigenvalue weighted by molar-refractivity contribution is 5.77. The minimum atomic E-state index is -0.832. The number of carboxylic acid groups (broad SMARTS) is 1. The molecule has 1 atom stereocenters. The maximum atomic E-state index is 11.0. The molecular weight excluding hydrogens is 210 g/mol. The summed E-state index contributed by atoms with van der Waals surface area (Å²) >= 11 is 0. The Balaban J connectivity index is 2.19. The Morgan fingerprint density at radius 1 is 1.56 bits per heavy atom. The first-order chi connectivity index (χ1) is 7.59. The minimum Gasteiger partial charge on any atom is -0.480 e. The lowest BCUT2D eigenvalue weighted by Crippen LogP contribution is -2.36. The van der Waals surface area contributed by atoms with Crippen molar-refractivity contribution in [2.24, 2.45) is 0 Å². The Hall–Kier alpha value is -1.59. The third kappa shape index (κ3) is 1.87. The van der Waals surface area contributed by atoms with Crippen molar-refractivity contribution in [1.29, 1.82) is 0 Å². The maximum Gasteiger partial charge on any atom is 0.326 e. The van der Waals surface area contributed by atoms with E-state index in [1.54, 1.807) is 4.90 Å². The summed E-state index contributed by atoms with van der Waals surface area (Å²) in [5.74, 6) is -0.125. The molecule has 1 saturated heterocycles. The van der Waals surface area contributed by atoms with Crippen LogP contribution in [0, 0.1) is 0 Å². The number of rotatable bonds is 3. The zero-order chi connectivity index (χ0) is 11.7. The molecule has 6 heteroatoms. The fourth-order valence-corrected chi connectivity index (χ4v) is 1.83. The monoisotopic (exact) mass is 225 g/mol. The lowest BCUT2D eigenvalue weighted by Gasteiger charge is -2.17. The quantitative estimate of drug-likeness (QED) is 0.833. The smallest absolute Gasteiger partial charge is 0.326 e. The molecule has 1 aliphatic rings. The van der Waals surface area contributed by atoms with Crippen molar-refractivity contribution in [1.82, 2.24) is 10.2 Å². The summed E-state index contributed by atoms with van der Waals surface area (Å²) in [5.41, 5.74) is 0. The van der Waals surface area contributed by atoms with Gasteiger partial charge in [0.25, 0.3) is 0 Å². The topological polar surface area (TPSA) is 79.5 Å². The number of anilines is 1. The van der Waals surface area contributed by atoms with E-state index >= 15 is 0 Å². The van der Waals surface area contributed by atoms with Crippen LogP contribution in [-0.2, 0) is 4.79 Å². The van der Waals surface area contributed by atoms with Gasteiger partial charge in [-0.05, 0) is 12.8 Å². The van der Waals surface area contributed by atoms with Gasteiger partial charge in [-0.25, -0.2) is 4.79 Å². The zero-order valence-corrected chi connectivity index (χ0v) is 9.38. The van der Waals surface area contributed by atoms with E-state index in [-0.39, 0.29) is 5.92 Å². The number of carboxylic acids is 1. The van der Waals surface area contributed by atoms with E-state index in [1.807, 2.05) is 13.8 Å². The van der Waals surface area contributed by atoms with Gasteiger partial charge in [0, 0.05) is 12.5 Å². The first kappa shape index (κ1) is 10.9. The Morgan fingerprint density at radius 3 is 2.88 bits per heavy atom. The van der Waals surface area contributed by atoms with Crippen LogP contribution in [0.25, 0.3) is 0 Å². The van der Waals surface area contributed by atoms with Gasteiger partial charge >= 0.3 is 12.0 Å². The minimum absolute atomic E-state index is 0.159. The predicted molar refractivity (Wildman–Crippen MR) is 56.4 cm³/mol. The van der Waals surface area contributed by atoms with E-state index in [0.29, 0.717) is 24.9 Å². The summed E-state index contributed by atoms with van der Waals surface area (Å²) in [4.78, 5) is 12.7. The molecule has 0 aromatic carbocycles. The van der Waals surface area contributed by atoms with Gasteiger partial charge in [-0.2, -0.15) is 0 Å². The third-order valence-electron chi connectivity index (χ3n) is 2.71. The average molecular weight is 225 g/mol. The molecule has 1 aromatic rings. The van der Waals surface area contributed by atoms with E-state index in [1.165, 1.54) is 0 Å². The molecule has 2 rings (SSSR count). The van der Waals surface area contributed by atoms with Gasteiger partial charge in [-0.3, -0.25) is 0 Å². The van der Waals surface area contributed by atoms with Crippen LogP contribution in [0.15, 0.2) is 4.42 Å². The standard InChI is InChI=1S/C10H15N3O3/c1-6(2)8-11-12-10(16-8)13-5-3-4-7(13)9(14)15/h6-7H,3-5H2,1-2H3,(H,14,15)/t7-/m1/s1. The number of aliphatic carboxylic acids is 1. The van der Waals surface area contributed by atoms with E-state index in [0.717, 1.165) is 6.42 Å². The molecule has 1 aromatic heterocycles. The Bertz CT molecular complexity index is 388. The molecule has 0 spiro atoms. The fraction of sp³-hybridized carbons (Fsp3) is 0.700. The van der Waals surface area contributed by atoms with Crippen molar-refractivity contribution in [2.75, 3.05) is 11.4 Å². The molecule has 2 heterocycles. The van der Waals surface area contributed by atoms with Gasteiger partial charge in [0.05, 0.1) is 0 Å². The van der Waals surface area contributed by atoms with Crippen LogP contribution in [-0.4, -0.2) is 33.9 Å². The van der Waals surface area contributed by atoms with E-state index < -0.39 is 12.0 Å². The number of hydrogen-bond donors (Lipinski definition) is 1. The number of aromatic nitrogens is 2. The van der Waals surface area contributed by atoms with Crippen LogP contribution in [0.4, 0.5) is 6.01 Å². The predicted octanol–water partition coefficient (Wildman–Crippen LogP) is 1.25. The van der Waals surface area contributed by atoms with Crippen molar-refractivity contribution in [3.05, 3.63) is 5.89 Å². The zero-order valence-electron chi connectivity index (χ0n) is 9.38. The summed E-state index contributed by atoms with van der Waals surface area (Å²) in [6.07, 6.45) is 1.48. The van der Waals surface area contributed by atoms with Crippen LogP contribution in [0.2, 0.25) is 0 Å². The van der Waals surface area contributed by atoms with Crippen molar-refractivity contribution in [3.63, 3.8) is 0 Å². The Kier molecular flexibility index (Phi) is 2.80. The van der Waals surface area contributed by atoms with E-state index in [4.69, 9.17) is 9.52 Å². The summed E-state index contributed by atoms with van der Waals surface area (Å²) in [6.45, 7) is 4.57. The average Bonchev–Trinajstić information content (AvgIpc) is 2.86. The largest absolute Gasteiger partial charge is 0.480 e. The van der Waals surface area contributed by atoms with Crippen molar-refractivity contribution in [3.8, 4) is 0 Å². The molecular formula is C10H15N3O3. The Morgan fingerprint density at radius 2 is 2.31 bits per heavy atom. The van der Waals surface area contributed by atoms with Gasteiger partial charge in [0.2, 0.25) is 5.89 Å². The van der Waals surface area contributed by atoms with Gasteiger partial charge in [0.15, 0.2) is 0 Å². The van der Waals surface area contributed by atoms with Crippen LogP contribution < -0.4 is 4.90 Å². The molecule has 16 heavy (non-hydrogen) atoms. The van der Waals surface area contributed by atoms with E-state index in [9.17, 15) is 4.79 Å². The molecule has 0 radical (unpaired) electrons. The van der Waals surface area contributed by atoms with Gasteiger partial charge in [0.1, 0.15) is 6.04 Å². The summed E-state index contributed by atoms with van der Waals surface area (Å²) in [5, 5.41) is 16.8. The molecule has 1 N–H and O–H groups in total. The SMILES string of the molecule is CC(C)c1nnc(N2CCC[C@@H]2C(=O)O)o1. The molecule has 0 amide bonds. The normalized spacial score (nSPS) is 20.7. The second kappa shape index (κ2) is 4.11. The molecule has 0 aliphatic carbocycles. The van der Waals surface area contributed by atoms with Gasteiger partial charge in [-0.1, -0.05) is 18.9 Å². The molecule has 0 unspecified atom stereocenters. The second-order valence-electron chi connectivity index (χ2n) is 4.27. The molecule has 0 saturated carbocycles. The van der Waals surface area contributed by atoms with Gasteiger partial charge in [-0.15, -0.1) is 5.10 Å². The summed E-state index contributed by atoms with van der Waals surface area (Å²) in [6, 6.07) is -0.200. The number of nitrogens with zero attached hydrogens (tertiary/aromatic N) is 3. The highest BCUT2D eigenvalue weighted by Crippen LogP contribution is 2.26. The van der Waals surface area contributed by atoms with Crippen LogP contribution in [0.1, 0.15) is 38.5 Å². The second-order valence-corrected chi connectivity index (χ2v) is 4.27. The maximum absolute atomic E-state index is 11.0. The fourth-order valence-electron chi connectivity index (χ4n) is 1.83. The first-order valence-electron chi connectivity index (χ1n) is 5.42. The summed E-state index contributed by atoms with van der Waals surface area (Å²) in [7, 11) is 0. The lowest BCUT2D eigenvalue weighted by atomic mass is 10.2. The third-order valence-corrected chi connectivity index (χ3v) is 2.71. The lowest BCUT2D eigenvalue weighted by molar-refractivity contribution is -0.138. The van der Waals surface area contributed by atoms with Crippen LogP contribution in [0.3, 0.4) is 0 Å². The molecule has 0 bridgehead atoms. The van der Waals surface area contributed by atoms with Crippen molar-refractivity contribution < 1.29 is 14.3 Å². The Labute approximate surface area is 93.3 Å².